The maximum atomic E-state index is 12.0. The number of amides is 1. The van der Waals surface area contributed by atoms with Gasteiger partial charge in [-0.3, -0.25) is 19.0 Å². The average molecular weight is 368 g/mol. The molecule has 0 fully saturated rings. The van der Waals surface area contributed by atoms with Crippen LogP contribution in [0.5, 0.6) is 0 Å². The van der Waals surface area contributed by atoms with Crippen molar-refractivity contribution in [2.75, 3.05) is 11.9 Å². The number of ketones is 1. The maximum absolute atomic E-state index is 12.0. The highest BCUT2D eigenvalue weighted by Crippen LogP contribution is 2.12. The van der Waals surface area contributed by atoms with E-state index in [-0.39, 0.29) is 12.3 Å². The Kier molecular flexibility index (Phi) is 5.16. The van der Waals surface area contributed by atoms with Gasteiger partial charge in [-0.15, -0.1) is 0 Å². The molecule has 3 aromatic rings. The second-order valence-corrected chi connectivity index (χ2v) is 5.77. The zero-order valence-electron chi connectivity index (χ0n) is 14.4. The van der Waals surface area contributed by atoms with E-state index in [1.807, 2.05) is 0 Å². The van der Waals surface area contributed by atoms with E-state index in [2.05, 4.69) is 5.32 Å². The number of esters is 1. The molecule has 0 atom stereocenters. The Balaban J connectivity index is 1.58. The van der Waals surface area contributed by atoms with E-state index in [1.165, 1.54) is 13.0 Å². The number of rotatable bonds is 6. The zero-order valence-corrected chi connectivity index (χ0v) is 14.4. The molecule has 138 valence electrons. The number of Topliss-reactive ketones (excluding diaryl/α,β-unsaturated/α-hetero) is 1. The van der Waals surface area contributed by atoms with Crippen molar-refractivity contribution in [2.45, 2.75) is 13.5 Å². The standard InChI is InChI=1S/C19H16N2O6/c1-12(22)13-5-4-6-14(9-13)20-17(23)11-26-18(24)10-21-15-7-2-3-8-16(15)27-19(21)25/h2-9H,10-11H2,1H3,(H,20,23). The van der Waals surface area contributed by atoms with Gasteiger partial charge in [-0.05, 0) is 31.2 Å². The number of ether oxygens (including phenoxy) is 1. The number of oxazole rings is 1. The first kappa shape index (κ1) is 18.1. The Labute approximate surface area is 153 Å². The van der Waals surface area contributed by atoms with Gasteiger partial charge >= 0.3 is 11.7 Å². The number of fused-ring (bicyclic) bond motifs is 1. The number of hydrogen-bond donors (Lipinski definition) is 1. The summed E-state index contributed by atoms with van der Waals surface area (Å²) in [6, 6.07) is 13.1. The predicted octanol–water partition coefficient (Wildman–Crippen LogP) is 1.98. The Hall–Kier alpha value is -3.68. The van der Waals surface area contributed by atoms with E-state index >= 15 is 0 Å². The lowest BCUT2D eigenvalue weighted by molar-refractivity contribution is -0.147. The van der Waals surface area contributed by atoms with Crippen molar-refractivity contribution in [3.8, 4) is 0 Å². The van der Waals surface area contributed by atoms with E-state index in [1.54, 1.807) is 42.5 Å². The summed E-state index contributed by atoms with van der Waals surface area (Å²) in [5, 5.41) is 2.54. The van der Waals surface area contributed by atoms with E-state index in [9.17, 15) is 19.2 Å². The first-order valence-corrected chi connectivity index (χ1v) is 8.09. The molecule has 0 spiro atoms. The van der Waals surface area contributed by atoms with Gasteiger partial charge in [-0.2, -0.15) is 0 Å². The number of carbonyl (C=O) groups is 3. The fourth-order valence-electron chi connectivity index (χ4n) is 2.50. The number of hydrogen-bond acceptors (Lipinski definition) is 6. The zero-order chi connectivity index (χ0) is 19.4. The molecule has 0 aliphatic carbocycles. The Bertz CT molecular complexity index is 1080. The Morgan fingerprint density at radius 2 is 1.89 bits per heavy atom. The van der Waals surface area contributed by atoms with E-state index in [4.69, 9.17) is 9.15 Å². The minimum atomic E-state index is -0.753. The molecule has 3 rings (SSSR count). The van der Waals surface area contributed by atoms with E-state index in [0.717, 1.165) is 4.57 Å². The van der Waals surface area contributed by atoms with E-state index in [0.29, 0.717) is 22.4 Å². The summed E-state index contributed by atoms with van der Waals surface area (Å²) in [6.45, 7) is 0.529. The van der Waals surface area contributed by atoms with Crippen LogP contribution in [-0.2, 0) is 20.9 Å². The molecule has 8 nitrogen and oxygen atoms in total. The van der Waals surface area contributed by atoms with Crippen LogP contribution in [0, 0.1) is 0 Å². The van der Waals surface area contributed by atoms with Crippen LogP contribution in [0.3, 0.4) is 0 Å². The van der Waals surface area contributed by atoms with Gasteiger partial charge in [0.15, 0.2) is 18.0 Å². The minimum absolute atomic E-state index is 0.129. The molecule has 8 heteroatoms. The van der Waals surface area contributed by atoms with Crippen molar-refractivity contribution >= 4 is 34.4 Å². The number of para-hydroxylation sites is 2. The molecule has 27 heavy (non-hydrogen) atoms. The molecule has 0 saturated heterocycles. The van der Waals surface area contributed by atoms with Crippen molar-refractivity contribution in [1.29, 1.82) is 0 Å². The molecule has 1 N–H and O–H groups in total. The molecule has 0 aliphatic heterocycles. The quantitative estimate of drug-likeness (QED) is 0.526. The topological polar surface area (TPSA) is 108 Å². The van der Waals surface area contributed by atoms with Crippen LogP contribution in [-0.4, -0.2) is 28.8 Å². The SMILES string of the molecule is CC(=O)c1cccc(NC(=O)COC(=O)Cn2c(=O)oc3ccccc32)c1. The van der Waals surface area contributed by atoms with Crippen molar-refractivity contribution in [2.24, 2.45) is 0 Å². The summed E-state index contributed by atoms with van der Waals surface area (Å²) in [5.74, 6) is -2.13. The van der Waals surface area contributed by atoms with Gasteiger partial charge in [0, 0.05) is 11.3 Å². The Morgan fingerprint density at radius 1 is 1.11 bits per heavy atom. The van der Waals surface area contributed by atoms with Crippen LogP contribution in [0.25, 0.3) is 11.1 Å². The third kappa shape index (κ3) is 4.30. The highest BCUT2D eigenvalue weighted by Gasteiger charge is 2.14. The highest BCUT2D eigenvalue weighted by atomic mass is 16.5. The van der Waals surface area contributed by atoms with E-state index < -0.39 is 24.2 Å². The second-order valence-electron chi connectivity index (χ2n) is 5.77. The minimum Gasteiger partial charge on any atom is -0.454 e. The summed E-state index contributed by atoms with van der Waals surface area (Å²) in [7, 11) is 0. The fraction of sp³-hybridized carbons (Fsp3) is 0.158. The lowest BCUT2D eigenvalue weighted by Gasteiger charge is -2.07. The maximum Gasteiger partial charge on any atom is 0.420 e. The number of anilines is 1. The largest absolute Gasteiger partial charge is 0.454 e. The summed E-state index contributed by atoms with van der Waals surface area (Å²) >= 11 is 0. The van der Waals surface area contributed by atoms with Crippen molar-refractivity contribution in [3.05, 3.63) is 64.6 Å². The lowest BCUT2D eigenvalue weighted by atomic mass is 10.1. The number of nitrogens with one attached hydrogen (secondary N) is 1. The van der Waals surface area contributed by atoms with Gasteiger partial charge in [0.05, 0.1) is 5.52 Å². The summed E-state index contributed by atoms with van der Waals surface area (Å²) in [4.78, 5) is 47.1. The van der Waals surface area contributed by atoms with Crippen LogP contribution < -0.4 is 11.1 Å². The number of carbonyl (C=O) groups excluding carboxylic acids is 3. The van der Waals surface area contributed by atoms with Crippen LogP contribution in [0.2, 0.25) is 0 Å². The van der Waals surface area contributed by atoms with Gasteiger partial charge in [-0.1, -0.05) is 24.3 Å². The first-order valence-electron chi connectivity index (χ1n) is 8.09. The van der Waals surface area contributed by atoms with Gasteiger partial charge in [-0.25, -0.2) is 4.79 Å². The molecule has 1 aromatic heterocycles. The number of nitrogens with zero attached hydrogens (tertiary/aromatic N) is 1. The van der Waals surface area contributed by atoms with Gasteiger partial charge in [0.25, 0.3) is 5.91 Å². The normalized spacial score (nSPS) is 10.6. The molecule has 0 bridgehead atoms. The second kappa shape index (κ2) is 7.69. The Morgan fingerprint density at radius 3 is 2.67 bits per heavy atom. The van der Waals surface area contributed by atoms with Crippen LogP contribution in [0.1, 0.15) is 17.3 Å². The van der Waals surface area contributed by atoms with Gasteiger partial charge < -0.3 is 14.5 Å². The molecular weight excluding hydrogens is 352 g/mol. The monoisotopic (exact) mass is 368 g/mol. The van der Waals surface area contributed by atoms with Crippen molar-refractivity contribution in [1.82, 2.24) is 4.57 Å². The summed E-state index contributed by atoms with van der Waals surface area (Å²) in [6.07, 6.45) is 0. The van der Waals surface area contributed by atoms with Crippen molar-refractivity contribution < 1.29 is 23.5 Å². The number of benzene rings is 2. The van der Waals surface area contributed by atoms with Crippen LogP contribution in [0.15, 0.2) is 57.7 Å². The highest BCUT2D eigenvalue weighted by molar-refractivity contribution is 5.97. The summed E-state index contributed by atoms with van der Waals surface area (Å²) < 4.78 is 11.1. The average Bonchev–Trinajstić information content (AvgIpc) is 2.96. The van der Waals surface area contributed by atoms with Crippen LogP contribution >= 0.6 is 0 Å². The molecule has 1 amide bonds. The molecule has 1 heterocycles. The molecule has 0 unspecified atom stereocenters. The molecule has 0 aliphatic rings. The first-order chi connectivity index (χ1) is 12.9. The molecule has 2 aromatic carbocycles. The third-order valence-corrected chi connectivity index (χ3v) is 3.78. The molecular formula is C19H16N2O6. The summed E-state index contributed by atoms with van der Waals surface area (Å²) in [5.41, 5.74) is 1.69. The lowest BCUT2D eigenvalue weighted by Crippen LogP contribution is -2.25. The fourth-order valence-corrected chi connectivity index (χ4v) is 2.50. The third-order valence-electron chi connectivity index (χ3n) is 3.78. The molecule has 0 radical (unpaired) electrons. The van der Waals surface area contributed by atoms with Gasteiger partial charge in [0.2, 0.25) is 0 Å². The van der Waals surface area contributed by atoms with Crippen molar-refractivity contribution in [3.63, 3.8) is 0 Å². The predicted molar refractivity (Wildman–Crippen MR) is 96.5 cm³/mol. The van der Waals surface area contributed by atoms with Crippen LogP contribution in [0.4, 0.5) is 5.69 Å². The number of aromatic nitrogens is 1. The molecule has 0 saturated carbocycles. The smallest absolute Gasteiger partial charge is 0.420 e. The van der Waals surface area contributed by atoms with Gasteiger partial charge in [0.1, 0.15) is 6.54 Å².